The van der Waals surface area contributed by atoms with E-state index in [-0.39, 0.29) is 0 Å². The van der Waals surface area contributed by atoms with Crippen LogP contribution in [0.2, 0.25) is 0 Å². The van der Waals surface area contributed by atoms with Crippen LogP contribution in [0.15, 0.2) is 0 Å². The van der Waals surface area contributed by atoms with Crippen LogP contribution >= 0.6 is 34.8 Å². The fraction of sp³-hybridized carbons (Fsp3) is 1.00. The highest BCUT2D eigenvalue weighted by Gasteiger charge is 2.83. The lowest BCUT2D eigenvalue weighted by atomic mass is 10.3. The predicted molar refractivity (Wildman–Crippen MR) is 45.2 cm³/mol. The Morgan fingerprint density at radius 3 is 1.00 bits per heavy atom. The minimum Gasteiger partial charge on any atom is -0.220 e. The summed E-state index contributed by atoms with van der Waals surface area (Å²) in [5, 5.41) is -6.67. The van der Waals surface area contributed by atoms with Crippen molar-refractivity contribution in [1.29, 1.82) is 0 Å². The van der Waals surface area contributed by atoms with Crippen molar-refractivity contribution in [2.45, 2.75) is 20.5 Å². The number of hydrogen-bond acceptors (Lipinski definition) is 2. The summed E-state index contributed by atoms with van der Waals surface area (Å²) in [4.78, 5) is 0. The summed E-state index contributed by atoms with van der Waals surface area (Å²) in [6.45, 7) is 0. The van der Waals surface area contributed by atoms with Crippen LogP contribution < -0.4 is 0 Å². The van der Waals surface area contributed by atoms with Gasteiger partial charge in [-0.25, -0.2) is 12.8 Å². The summed E-state index contributed by atoms with van der Waals surface area (Å²) in [5.74, 6) is 0. The van der Waals surface area contributed by atoms with Gasteiger partial charge in [-0.2, -0.15) is 26.3 Å². The first-order valence-electron chi connectivity index (χ1n) is 3.13. The highest BCUT2D eigenvalue weighted by Crippen LogP contribution is 2.55. The molecule has 0 bridgehead atoms. The van der Waals surface area contributed by atoms with E-state index >= 15 is 0 Å². The Hall–Kier alpha value is 0.330. The molecule has 0 aromatic carbocycles. The first-order chi connectivity index (χ1) is 7.00. The number of alkyl halides is 10. The molecule has 13 heteroatoms. The summed E-state index contributed by atoms with van der Waals surface area (Å²) in [6.07, 6.45) is -13.7. The monoisotopic (exact) mass is 350 g/mol. The van der Waals surface area contributed by atoms with E-state index in [1.165, 1.54) is 0 Å². The average Bonchev–Trinajstić information content (AvgIpc) is 1.95. The minimum absolute atomic E-state index is 4.13. The zero-order chi connectivity index (χ0) is 14.5. The predicted octanol–water partition coefficient (Wildman–Crippen LogP) is 3.52. The van der Waals surface area contributed by atoms with Crippen molar-refractivity contribution in [2.75, 3.05) is 0 Å². The van der Waals surface area contributed by atoms with Gasteiger partial charge in [-0.05, 0) is 0 Å². The lowest BCUT2D eigenvalue weighted by Crippen LogP contribution is -2.61. The first-order valence-corrected chi connectivity index (χ1v) is 5.75. The molecule has 0 fully saturated rings. The smallest absolute Gasteiger partial charge is 0.220 e. The average molecular weight is 351 g/mol. The molecule has 0 heterocycles. The van der Waals surface area contributed by atoms with Crippen LogP contribution in [-0.2, 0) is 9.84 Å². The standard InChI is InChI=1S/C4Cl3F7O2S/c5-4(6,7)17(15,16)1(8,2(9,10)11)3(12,13)14. The second-order valence-electron chi connectivity index (χ2n) is 2.54. The molecule has 0 amide bonds. The molecule has 104 valence electrons. The molecule has 0 atom stereocenters. The summed E-state index contributed by atoms with van der Waals surface area (Å²) < 4.78 is 102. The summed E-state index contributed by atoms with van der Waals surface area (Å²) in [6, 6.07) is 0. The van der Waals surface area contributed by atoms with Crippen molar-refractivity contribution in [1.82, 2.24) is 0 Å². The third-order valence-corrected chi connectivity index (χ3v) is 5.05. The van der Waals surface area contributed by atoms with Crippen molar-refractivity contribution in [3.05, 3.63) is 0 Å². The quantitative estimate of drug-likeness (QED) is 0.535. The molecule has 0 N–H and O–H groups in total. The van der Waals surface area contributed by atoms with Crippen molar-refractivity contribution < 1.29 is 39.2 Å². The summed E-state index contributed by atoms with van der Waals surface area (Å²) >= 11 is 13.3. The molecule has 0 aliphatic rings. The van der Waals surface area contributed by atoms with Gasteiger partial charge in [-0.15, -0.1) is 0 Å². The maximum atomic E-state index is 13.0. The van der Waals surface area contributed by atoms with Crippen LogP contribution in [0.25, 0.3) is 0 Å². The molecule has 0 saturated carbocycles. The Bertz CT molecular complexity index is 377. The first kappa shape index (κ1) is 17.3. The third-order valence-electron chi connectivity index (χ3n) is 1.40. The zero-order valence-corrected chi connectivity index (χ0v) is 10.1. The van der Waals surface area contributed by atoms with Crippen LogP contribution in [0.3, 0.4) is 0 Å². The van der Waals surface area contributed by atoms with Gasteiger partial charge in [0.05, 0.1) is 0 Å². The highest BCUT2D eigenvalue weighted by molar-refractivity contribution is 7.98. The van der Waals surface area contributed by atoms with Gasteiger partial charge in [0.1, 0.15) is 0 Å². The molecule has 0 saturated heterocycles. The fourth-order valence-corrected chi connectivity index (χ4v) is 2.51. The molecule has 0 spiro atoms. The van der Waals surface area contributed by atoms with Gasteiger partial charge in [-0.3, -0.25) is 0 Å². The minimum atomic E-state index is -6.87. The SMILES string of the molecule is O=S(=O)(C(Cl)(Cl)Cl)C(F)(C(F)(F)F)C(F)(F)F. The largest absolute Gasteiger partial charge is 0.447 e. The number of halogens is 10. The van der Waals surface area contributed by atoms with E-state index < -0.39 is 30.3 Å². The molecule has 17 heavy (non-hydrogen) atoms. The Morgan fingerprint density at radius 1 is 0.706 bits per heavy atom. The van der Waals surface area contributed by atoms with E-state index in [0.717, 1.165) is 0 Å². The van der Waals surface area contributed by atoms with E-state index in [1.54, 1.807) is 0 Å². The van der Waals surface area contributed by atoms with E-state index in [9.17, 15) is 39.2 Å². The Labute approximate surface area is 105 Å². The summed E-state index contributed by atoms with van der Waals surface area (Å²) in [7, 11) is -6.87. The van der Waals surface area contributed by atoms with Crippen LogP contribution in [0.5, 0.6) is 0 Å². The van der Waals surface area contributed by atoms with Crippen LogP contribution in [0.4, 0.5) is 30.7 Å². The van der Waals surface area contributed by atoms with Gasteiger partial charge in [-0.1, -0.05) is 34.8 Å². The second kappa shape index (κ2) is 4.17. The molecule has 0 aromatic rings. The van der Waals surface area contributed by atoms with Crippen LogP contribution in [0.1, 0.15) is 0 Å². The van der Waals surface area contributed by atoms with Gasteiger partial charge >= 0.3 is 17.4 Å². The zero-order valence-electron chi connectivity index (χ0n) is 7.00. The fourth-order valence-electron chi connectivity index (χ4n) is 0.625. The lowest BCUT2D eigenvalue weighted by Gasteiger charge is -2.31. The Kier molecular flexibility index (Phi) is 4.25. The van der Waals surface area contributed by atoms with Gasteiger partial charge in [0.25, 0.3) is 13.0 Å². The Balaban J connectivity index is 6.26. The van der Waals surface area contributed by atoms with Gasteiger partial charge in [0, 0.05) is 0 Å². The van der Waals surface area contributed by atoms with E-state index in [2.05, 4.69) is 34.8 Å². The van der Waals surface area contributed by atoms with Crippen molar-refractivity contribution in [3.8, 4) is 0 Å². The third kappa shape index (κ3) is 2.54. The van der Waals surface area contributed by atoms with Crippen molar-refractivity contribution in [3.63, 3.8) is 0 Å². The van der Waals surface area contributed by atoms with Crippen LogP contribution in [-0.4, -0.2) is 28.9 Å². The molecule has 2 nitrogen and oxygen atoms in total. The topological polar surface area (TPSA) is 34.1 Å². The Morgan fingerprint density at radius 2 is 0.941 bits per heavy atom. The lowest BCUT2D eigenvalue weighted by molar-refractivity contribution is -0.305. The second-order valence-corrected chi connectivity index (χ2v) is 7.68. The summed E-state index contributed by atoms with van der Waals surface area (Å²) in [5.41, 5.74) is 0. The molecular formula is C4Cl3F7O2S. The van der Waals surface area contributed by atoms with Gasteiger partial charge < -0.3 is 0 Å². The molecule has 0 aliphatic heterocycles. The number of rotatable bonds is 1. The molecule has 0 rings (SSSR count). The number of sulfone groups is 1. The van der Waals surface area contributed by atoms with Crippen LogP contribution in [0, 0.1) is 0 Å². The van der Waals surface area contributed by atoms with Crippen molar-refractivity contribution in [2.24, 2.45) is 0 Å². The number of hydrogen-bond donors (Lipinski definition) is 0. The molecule has 0 aromatic heterocycles. The van der Waals surface area contributed by atoms with E-state index in [1.807, 2.05) is 0 Å². The van der Waals surface area contributed by atoms with E-state index in [4.69, 9.17) is 0 Å². The highest BCUT2D eigenvalue weighted by atomic mass is 35.6. The van der Waals surface area contributed by atoms with Crippen molar-refractivity contribution >= 4 is 44.6 Å². The molecular weight excluding hydrogens is 351 g/mol. The molecule has 0 aliphatic carbocycles. The maximum absolute atomic E-state index is 13.0. The molecule has 0 radical (unpaired) electrons. The van der Waals surface area contributed by atoms with Gasteiger partial charge in [0.2, 0.25) is 0 Å². The molecule has 0 unspecified atom stereocenters. The normalized spacial score (nSPS) is 16.1. The van der Waals surface area contributed by atoms with Gasteiger partial charge in [0.15, 0.2) is 0 Å². The van der Waals surface area contributed by atoms with E-state index in [0.29, 0.717) is 0 Å². The maximum Gasteiger partial charge on any atom is 0.447 e.